The fourth-order valence-corrected chi connectivity index (χ4v) is 4.41. The molecular weight excluding hydrogens is 380 g/mol. The maximum Gasteiger partial charge on any atom is 0.322 e. The molecule has 2 heterocycles. The average molecular weight is 406 g/mol. The van der Waals surface area contributed by atoms with Gasteiger partial charge >= 0.3 is 6.03 Å². The van der Waals surface area contributed by atoms with Gasteiger partial charge in [0.25, 0.3) is 0 Å². The summed E-state index contributed by atoms with van der Waals surface area (Å²) < 4.78 is 0. The molecule has 4 amide bonds. The van der Waals surface area contributed by atoms with Crippen molar-refractivity contribution >= 4 is 23.5 Å². The zero-order valence-electron chi connectivity index (χ0n) is 17.2. The van der Waals surface area contributed by atoms with Crippen LogP contribution in [0.2, 0.25) is 0 Å². The summed E-state index contributed by atoms with van der Waals surface area (Å²) in [7, 11) is 3.40. The first kappa shape index (κ1) is 19.9. The summed E-state index contributed by atoms with van der Waals surface area (Å²) in [6.07, 6.45) is 1.02. The Morgan fingerprint density at radius 2 is 1.57 bits per heavy atom. The minimum Gasteiger partial charge on any atom is -0.338 e. The van der Waals surface area contributed by atoms with E-state index in [0.29, 0.717) is 25.1 Å². The topological polar surface area (TPSA) is 73.0 Å². The number of likely N-dealkylation sites (tertiary alicyclic amines) is 1. The van der Waals surface area contributed by atoms with Crippen LogP contribution < -0.4 is 5.32 Å². The molecule has 7 nitrogen and oxygen atoms in total. The van der Waals surface area contributed by atoms with Gasteiger partial charge in [0.1, 0.15) is 12.1 Å². The van der Waals surface area contributed by atoms with Gasteiger partial charge in [-0.05, 0) is 24.1 Å². The normalized spacial score (nSPS) is 23.9. The molecule has 0 aromatic heterocycles. The number of likely N-dealkylation sites (N-methyl/N-ethyl adjacent to an activating group) is 2. The van der Waals surface area contributed by atoms with Crippen molar-refractivity contribution in [1.29, 1.82) is 0 Å². The van der Waals surface area contributed by atoms with Crippen molar-refractivity contribution < 1.29 is 14.4 Å². The first-order chi connectivity index (χ1) is 14.5. The Hall–Kier alpha value is -3.35. The molecule has 2 aromatic rings. The molecule has 1 N–H and O–H groups in total. The second kappa shape index (κ2) is 8.18. The molecule has 2 fully saturated rings. The lowest BCUT2D eigenvalue weighted by Gasteiger charge is -2.30. The first-order valence-electron chi connectivity index (χ1n) is 10.2. The van der Waals surface area contributed by atoms with Crippen LogP contribution in [0.1, 0.15) is 12.0 Å². The van der Waals surface area contributed by atoms with Crippen LogP contribution in [0.15, 0.2) is 60.7 Å². The second-order valence-electron chi connectivity index (χ2n) is 7.89. The van der Waals surface area contributed by atoms with Crippen molar-refractivity contribution in [3.8, 4) is 0 Å². The van der Waals surface area contributed by atoms with Crippen LogP contribution in [0.25, 0.3) is 0 Å². The third kappa shape index (κ3) is 3.63. The SMILES string of the molecule is CN1C(=O)[C@H](Cc2ccccc2)N(C)C(=O)[C@@H]2[C@H]1CCN2C(=O)Nc1ccccc1. The summed E-state index contributed by atoms with van der Waals surface area (Å²) in [5.41, 5.74) is 1.67. The minimum absolute atomic E-state index is 0.0903. The monoisotopic (exact) mass is 406 g/mol. The number of benzene rings is 2. The van der Waals surface area contributed by atoms with Crippen LogP contribution in [0, 0.1) is 0 Å². The van der Waals surface area contributed by atoms with Crippen molar-refractivity contribution in [3.05, 3.63) is 66.2 Å². The van der Waals surface area contributed by atoms with Gasteiger partial charge in [-0.25, -0.2) is 4.79 Å². The molecule has 7 heteroatoms. The smallest absolute Gasteiger partial charge is 0.322 e. The number of nitrogens with one attached hydrogen (secondary N) is 1. The predicted molar refractivity (Wildman–Crippen MR) is 114 cm³/mol. The molecular formula is C23H26N4O3. The van der Waals surface area contributed by atoms with Gasteiger partial charge in [-0.1, -0.05) is 48.5 Å². The number of nitrogens with zero attached hydrogens (tertiary/aromatic N) is 3. The van der Waals surface area contributed by atoms with Gasteiger partial charge in [0.15, 0.2) is 0 Å². The van der Waals surface area contributed by atoms with E-state index in [1.165, 1.54) is 4.90 Å². The second-order valence-corrected chi connectivity index (χ2v) is 7.89. The lowest BCUT2D eigenvalue weighted by molar-refractivity contribution is -0.140. The largest absolute Gasteiger partial charge is 0.338 e. The average Bonchev–Trinajstić information content (AvgIpc) is 3.20. The van der Waals surface area contributed by atoms with Crippen molar-refractivity contribution in [1.82, 2.24) is 14.7 Å². The molecule has 2 aliphatic heterocycles. The zero-order chi connectivity index (χ0) is 21.3. The molecule has 0 aliphatic carbocycles. The lowest BCUT2D eigenvalue weighted by atomic mass is 10.0. The fourth-order valence-electron chi connectivity index (χ4n) is 4.41. The number of fused-ring (bicyclic) bond motifs is 1. The Bertz CT molecular complexity index is 934. The molecule has 3 atom stereocenters. The summed E-state index contributed by atoms with van der Waals surface area (Å²) in [6.45, 7) is 0.425. The number of rotatable bonds is 3. The van der Waals surface area contributed by atoms with Crippen LogP contribution in [0.4, 0.5) is 10.5 Å². The molecule has 0 radical (unpaired) electrons. The third-order valence-electron chi connectivity index (χ3n) is 6.12. The molecule has 156 valence electrons. The molecule has 30 heavy (non-hydrogen) atoms. The van der Waals surface area contributed by atoms with E-state index in [1.807, 2.05) is 48.5 Å². The van der Waals surface area contributed by atoms with E-state index < -0.39 is 12.1 Å². The van der Waals surface area contributed by atoms with Crippen LogP contribution in [0.5, 0.6) is 0 Å². The highest BCUT2D eigenvalue weighted by Crippen LogP contribution is 2.29. The molecule has 0 unspecified atom stereocenters. The first-order valence-corrected chi connectivity index (χ1v) is 10.2. The summed E-state index contributed by atoms with van der Waals surface area (Å²) >= 11 is 0. The van der Waals surface area contributed by atoms with E-state index in [4.69, 9.17) is 0 Å². The van der Waals surface area contributed by atoms with Crippen molar-refractivity contribution in [2.75, 3.05) is 26.0 Å². The van der Waals surface area contributed by atoms with Gasteiger partial charge in [-0.2, -0.15) is 0 Å². The van der Waals surface area contributed by atoms with Gasteiger partial charge in [0.05, 0.1) is 6.04 Å². The van der Waals surface area contributed by atoms with Gasteiger partial charge in [-0.3, -0.25) is 9.59 Å². The minimum atomic E-state index is -0.687. The van der Waals surface area contributed by atoms with E-state index in [2.05, 4.69) is 5.32 Å². The summed E-state index contributed by atoms with van der Waals surface area (Å²) in [6, 6.07) is 16.9. The number of anilines is 1. The van der Waals surface area contributed by atoms with E-state index in [1.54, 1.807) is 36.0 Å². The Kier molecular flexibility index (Phi) is 5.44. The summed E-state index contributed by atoms with van der Waals surface area (Å²) in [4.78, 5) is 44.3. The summed E-state index contributed by atoms with van der Waals surface area (Å²) in [5.74, 6) is -0.285. The predicted octanol–water partition coefficient (Wildman–Crippen LogP) is 2.20. The van der Waals surface area contributed by atoms with E-state index in [0.717, 1.165) is 5.56 Å². The van der Waals surface area contributed by atoms with Gasteiger partial charge in [-0.15, -0.1) is 0 Å². The quantitative estimate of drug-likeness (QED) is 0.849. The number of carbonyl (C=O) groups excluding carboxylic acids is 3. The van der Waals surface area contributed by atoms with Gasteiger partial charge < -0.3 is 20.0 Å². The number of amides is 4. The van der Waals surface area contributed by atoms with E-state index in [9.17, 15) is 14.4 Å². The van der Waals surface area contributed by atoms with E-state index >= 15 is 0 Å². The van der Waals surface area contributed by atoms with Crippen LogP contribution in [0.3, 0.4) is 0 Å². The Morgan fingerprint density at radius 1 is 0.933 bits per heavy atom. The number of carbonyl (C=O) groups is 3. The Labute approximate surface area is 176 Å². The van der Waals surface area contributed by atoms with Crippen molar-refractivity contribution in [2.45, 2.75) is 31.0 Å². The maximum absolute atomic E-state index is 13.4. The van der Waals surface area contributed by atoms with Gasteiger partial charge in [0.2, 0.25) is 11.8 Å². The zero-order valence-corrected chi connectivity index (χ0v) is 17.2. The highest BCUT2D eigenvalue weighted by Gasteiger charge is 2.51. The van der Waals surface area contributed by atoms with Crippen LogP contribution in [-0.4, -0.2) is 71.3 Å². The maximum atomic E-state index is 13.4. The molecule has 0 spiro atoms. The molecule has 4 rings (SSSR count). The van der Waals surface area contributed by atoms with Crippen molar-refractivity contribution in [3.63, 3.8) is 0 Å². The molecule has 0 bridgehead atoms. The molecule has 2 aliphatic rings. The van der Waals surface area contributed by atoms with Crippen molar-refractivity contribution in [2.24, 2.45) is 0 Å². The number of urea groups is 1. The van der Waals surface area contributed by atoms with E-state index in [-0.39, 0.29) is 23.9 Å². The fraction of sp³-hybridized carbons (Fsp3) is 0.348. The summed E-state index contributed by atoms with van der Waals surface area (Å²) in [5, 5.41) is 2.86. The Balaban J connectivity index is 1.58. The number of para-hydroxylation sites is 1. The Morgan fingerprint density at radius 3 is 2.23 bits per heavy atom. The molecule has 0 saturated carbocycles. The lowest BCUT2D eigenvalue weighted by Crippen LogP contribution is -2.53. The number of hydrogen-bond donors (Lipinski definition) is 1. The molecule has 2 aromatic carbocycles. The third-order valence-corrected chi connectivity index (χ3v) is 6.12. The molecule has 2 saturated heterocycles. The number of hydrogen-bond acceptors (Lipinski definition) is 3. The van der Waals surface area contributed by atoms with Crippen LogP contribution >= 0.6 is 0 Å². The highest BCUT2D eigenvalue weighted by atomic mass is 16.2. The van der Waals surface area contributed by atoms with Crippen LogP contribution in [-0.2, 0) is 16.0 Å². The van der Waals surface area contributed by atoms with Gasteiger partial charge in [0, 0.05) is 32.7 Å². The standard InChI is InChI=1S/C23H26N4O3/c1-25-18-13-14-27(23(30)24-17-11-7-4-8-12-17)20(18)22(29)26(2)19(21(25)28)15-16-9-5-3-6-10-16/h3-12,18-20H,13-15H2,1-2H3,(H,24,30)/t18-,19+,20+/m1/s1. The highest BCUT2D eigenvalue weighted by molar-refractivity contribution is 5.98.